The van der Waals surface area contributed by atoms with Crippen LogP contribution in [-0.4, -0.2) is 31.4 Å². The molecule has 0 saturated heterocycles. The third kappa shape index (κ3) is 4.10. The molecule has 1 aliphatic heterocycles. The minimum atomic E-state index is -0.642. The lowest BCUT2D eigenvalue weighted by molar-refractivity contribution is -0.111. The molecule has 2 aromatic rings. The van der Waals surface area contributed by atoms with E-state index in [1.807, 2.05) is 0 Å². The van der Waals surface area contributed by atoms with E-state index in [4.69, 9.17) is 21.1 Å². The molecule has 2 aromatic carbocycles. The number of benzene rings is 2. The van der Waals surface area contributed by atoms with Gasteiger partial charge in [0.2, 0.25) is 0 Å². The maximum atomic E-state index is 12.8. The zero-order valence-corrected chi connectivity index (χ0v) is 17.3. The van der Waals surface area contributed by atoms with Crippen molar-refractivity contribution in [2.45, 2.75) is 6.42 Å². The third-order valence-electron chi connectivity index (χ3n) is 3.99. The molecule has 3 amide bonds. The van der Waals surface area contributed by atoms with Gasteiger partial charge in [-0.05, 0) is 35.9 Å². The van der Waals surface area contributed by atoms with E-state index in [1.54, 1.807) is 42.5 Å². The first-order valence-corrected chi connectivity index (χ1v) is 9.43. The summed E-state index contributed by atoms with van der Waals surface area (Å²) in [5, 5.41) is 0.425. The van der Waals surface area contributed by atoms with Gasteiger partial charge in [-0.3, -0.25) is 4.79 Å². The van der Waals surface area contributed by atoms with Gasteiger partial charge in [0.25, 0.3) is 5.91 Å². The molecule has 1 aliphatic rings. The fourth-order valence-corrected chi connectivity index (χ4v) is 3.35. The molecule has 0 fully saturated rings. The van der Waals surface area contributed by atoms with Crippen LogP contribution >= 0.6 is 27.5 Å². The number of hydrogen-bond acceptors (Lipinski definition) is 4. The Bertz CT molecular complexity index is 990. The standard InChI is InChI=1S/C20H16BrClN2O4/c1-3-7-28-18-11-15(21)12(9-17(18)27-2)8-16-19(25)24(20(26)23-16)14-6-4-5-13(22)10-14/h3-6,9-11H,1,7-8H2,2H3. The highest BCUT2D eigenvalue weighted by molar-refractivity contribution is 9.10. The molecule has 0 radical (unpaired) electrons. The fraction of sp³-hybridized carbons (Fsp3) is 0.150. The summed E-state index contributed by atoms with van der Waals surface area (Å²) in [5.41, 5.74) is 1.24. The van der Waals surface area contributed by atoms with E-state index in [0.717, 1.165) is 10.5 Å². The van der Waals surface area contributed by atoms with E-state index in [2.05, 4.69) is 27.5 Å². The highest BCUT2D eigenvalue weighted by atomic mass is 79.9. The van der Waals surface area contributed by atoms with Crippen molar-refractivity contribution in [3.8, 4) is 11.5 Å². The summed E-state index contributed by atoms with van der Waals surface area (Å²) in [6, 6.07) is 9.35. The maximum Gasteiger partial charge on any atom is 0.355 e. The normalized spacial score (nSPS) is 13.5. The maximum absolute atomic E-state index is 12.8. The van der Waals surface area contributed by atoms with E-state index in [-0.39, 0.29) is 12.1 Å². The van der Waals surface area contributed by atoms with Crippen molar-refractivity contribution in [3.63, 3.8) is 0 Å². The Labute approximate surface area is 175 Å². The van der Waals surface area contributed by atoms with E-state index in [0.29, 0.717) is 33.3 Å². The van der Waals surface area contributed by atoms with Gasteiger partial charge in [-0.1, -0.05) is 46.3 Å². The number of anilines is 1. The lowest BCUT2D eigenvalue weighted by Gasteiger charge is -2.14. The monoisotopic (exact) mass is 462 g/mol. The summed E-state index contributed by atoms with van der Waals surface area (Å²) in [7, 11) is 1.52. The van der Waals surface area contributed by atoms with Crippen molar-refractivity contribution >= 4 is 50.9 Å². The second-order valence-corrected chi connectivity index (χ2v) is 7.12. The molecule has 0 spiro atoms. The van der Waals surface area contributed by atoms with Crippen LogP contribution in [0.4, 0.5) is 10.5 Å². The first-order valence-electron chi connectivity index (χ1n) is 8.26. The highest BCUT2D eigenvalue weighted by Gasteiger charge is 2.34. The summed E-state index contributed by atoms with van der Waals surface area (Å²) >= 11 is 9.44. The number of aliphatic imine (C=N–C) groups is 1. The molecular formula is C20H16BrClN2O4. The van der Waals surface area contributed by atoms with Crippen molar-refractivity contribution in [2.24, 2.45) is 4.99 Å². The predicted octanol–water partition coefficient (Wildman–Crippen LogP) is 4.83. The van der Waals surface area contributed by atoms with E-state index in [1.165, 1.54) is 7.11 Å². The van der Waals surface area contributed by atoms with Crippen molar-refractivity contribution in [2.75, 3.05) is 18.6 Å². The van der Waals surface area contributed by atoms with Crippen LogP contribution in [-0.2, 0) is 11.2 Å². The van der Waals surface area contributed by atoms with Crippen molar-refractivity contribution in [1.29, 1.82) is 0 Å². The Kier molecular flexibility index (Phi) is 6.16. The highest BCUT2D eigenvalue weighted by Crippen LogP contribution is 2.34. The zero-order valence-electron chi connectivity index (χ0n) is 14.9. The topological polar surface area (TPSA) is 68.2 Å². The smallest absolute Gasteiger partial charge is 0.355 e. The molecule has 0 N–H and O–H groups in total. The first-order chi connectivity index (χ1) is 13.4. The minimum absolute atomic E-state index is 0.132. The van der Waals surface area contributed by atoms with Gasteiger partial charge in [-0.2, -0.15) is 4.99 Å². The molecular weight excluding hydrogens is 448 g/mol. The lowest BCUT2D eigenvalue weighted by atomic mass is 10.1. The molecule has 0 atom stereocenters. The van der Waals surface area contributed by atoms with Crippen LogP contribution in [0.15, 0.2) is 58.5 Å². The molecule has 6 nitrogen and oxygen atoms in total. The molecule has 144 valence electrons. The van der Waals surface area contributed by atoms with Crippen molar-refractivity contribution in [3.05, 3.63) is 64.1 Å². The van der Waals surface area contributed by atoms with Gasteiger partial charge in [0.15, 0.2) is 11.5 Å². The van der Waals surface area contributed by atoms with Crippen LogP contribution in [0.5, 0.6) is 11.5 Å². The predicted molar refractivity (Wildman–Crippen MR) is 112 cm³/mol. The number of hydrogen-bond donors (Lipinski definition) is 0. The Morgan fingerprint density at radius 2 is 2.04 bits per heavy atom. The van der Waals surface area contributed by atoms with Crippen LogP contribution in [0.1, 0.15) is 5.56 Å². The zero-order chi connectivity index (χ0) is 20.3. The average molecular weight is 464 g/mol. The SMILES string of the molecule is C=CCOc1cc(Br)c(CC2=NC(=O)N(c3cccc(Cl)c3)C2=O)cc1OC. The van der Waals surface area contributed by atoms with Crippen molar-refractivity contribution in [1.82, 2.24) is 0 Å². The van der Waals surface area contributed by atoms with E-state index in [9.17, 15) is 9.59 Å². The quantitative estimate of drug-likeness (QED) is 0.552. The number of imide groups is 1. The number of carbonyl (C=O) groups is 2. The molecule has 0 saturated carbocycles. The van der Waals surface area contributed by atoms with Gasteiger partial charge in [0.1, 0.15) is 12.3 Å². The summed E-state index contributed by atoms with van der Waals surface area (Å²) in [5.74, 6) is 0.559. The number of carbonyl (C=O) groups excluding carboxylic acids is 2. The molecule has 0 aliphatic carbocycles. The Morgan fingerprint density at radius 1 is 1.25 bits per heavy atom. The van der Waals surface area contributed by atoms with Gasteiger partial charge in [0.05, 0.1) is 12.8 Å². The van der Waals surface area contributed by atoms with Crippen LogP contribution in [0.3, 0.4) is 0 Å². The fourth-order valence-electron chi connectivity index (χ4n) is 2.70. The largest absolute Gasteiger partial charge is 0.493 e. The summed E-state index contributed by atoms with van der Waals surface area (Å²) in [4.78, 5) is 30.0. The molecule has 0 bridgehead atoms. The Hall–Kier alpha value is -2.64. The number of amides is 3. The number of nitrogens with zero attached hydrogens (tertiary/aromatic N) is 2. The van der Waals surface area contributed by atoms with Crippen LogP contribution in [0.2, 0.25) is 5.02 Å². The second kappa shape index (κ2) is 8.58. The van der Waals surface area contributed by atoms with Gasteiger partial charge < -0.3 is 9.47 Å². The number of halogens is 2. The summed E-state index contributed by atoms with van der Waals surface area (Å²) in [6.45, 7) is 3.95. The molecule has 0 aromatic heterocycles. The number of methoxy groups -OCH3 is 1. The van der Waals surface area contributed by atoms with Gasteiger partial charge in [-0.15, -0.1) is 0 Å². The molecule has 3 rings (SSSR count). The number of urea groups is 1. The molecule has 28 heavy (non-hydrogen) atoms. The Morgan fingerprint density at radius 3 is 2.71 bits per heavy atom. The third-order valence-corrected chi connectivity index (χ3v) is 4.96. The van der Waals surface area contributed by atoms with E-state index >= 15 is 0 Å². The summed E-state index contributed by atoms with van der Waals surface area (Å²) < 4.78 is 11.6. The molecule has 8 heteroatoms. The van der Waals surface area contributed by atoms with Gasteiger partial charge in [-0.25, -0.2) is 9.69 Å². The minimum Gasteiger partial charge on any atom is -0.493 e. The number of ether oxygens (including phenoxy) is 2. The van der Waals surface area contributed by atoms with Crippen LogP contribution in [0.25, 0.3) is 0 Å². The van der Waals surface area contributed by atoms with Gasteiger partial charge >= 0.3 is 6.03 Å². The Balaban J connectivity index is 1.86. The van der Waals surface area contributed by atoms with Crippen molar-refractivity contribution < 1.29 is 19.1 Å². The second-order valence-electron chi connectivity index (χ2n) is 5.83. The molecule has 1 heterocycles. The first kappa shape index (κ1) is 20.1. The van der Waals surface area contributed by atoms with Crippen LogP contribution in [0, 0.1) is 0 Å². The van der Waals surface area contributed by atoms with Crippen LogP contribution < -0.4 is 14.4 Å². The average Bonchev–Trinajstić information content (AvgIpc) is 2.95. The molecule has 0 unspecified atom stereocenters. The summed E-state index contributed by atoms with van der Waals surface area (Å²) in [6.07, 6.45) is 1.78. The van der Waals surface area contributed by atoms with Gasteiger partial charge in [0, 0.05) is 15.9 Å². The lowest BCUT2D eigenvalue weighted by Crippen LogP contribution is -2.33. The number of rotatable bonds is 7. The van der Waals surface area contributed by atoms with E-state index < -0.39 is 11.9 Å².